The first-order chi connectivity index (χ1) is 16.1. The average molecular weight is 464 g/mol. The lowest BCUT2D eigenvalue weighted by Gasteiger charge is -2.16. The van der Waals surface area contributed by atoms with E-state index >= 15 is 0 Å². The highest BCUT2D eigenvalue weighted by Crippen LogP contribution is 2.39. The lowest BCUT2D eigenvalue weighted by molar-refractivity contribution is -0.119. The molecule has 0 spiro atoms. The molecule has 5 rings (SSSR count). The van der Waals surface area contributed by atoms with Gasteiger partial charge in [0.1, 0.15) is 28.8 Å². The van der Waals surface area contributed by atoms with Crippen molar-refractivity contribution >= 4 is 28.7 Å². The largest absolute Gasteiger partial charge is 0.364 e. The van der Waals surface area contributed by atoms with Crippen molar-refractivity contribution in [2.75, 3.05) is 5.32 Å². The quantitative estimate of drug-likeness (QED) is 0.472. The van der Waals surface area contributed by atoms with E-state index in [2.05, 4.69) is 30.4 Å². The molecule has 0 radical (unpaired) electrons. The van der Waals surface area contributed by atoms with Gasteiger partial charge in [-0.05, 0) is 39.0 Å². The highest BCUT2D eigenvalue weighted by atomic mass is 19.1. The highest BCUT2D eigenvalue weighted by molar-refractivity contribution is 6.09. The van der Waals surface area contributed by atoms with E-state index in [4.69, 9.17) is 5.73 Å². The van der Waals surface area contributed by atoms with Crippen molar-refractivity contribution in [2.45, 2.75) is 32.7 Å². The number of nitrogens with two attached hydrogens (primary N) is 1. The molecule has 4 aromatic heterocycles. The number of hydrogen-bond acceptors (Lipinski definition) is 7. The molecule has 0 saturated carbocycles. The number of rotatable bonds is 4. The summed E-state index contributed by atoms with van der Waals surface area (Å²) in [5.41, 5.74) is 5.15. The van der Waals surface area contributed by atoms with E-state index in [0.29, 0.717) is 0 Å². The van der Waals surface area contributed by atoms with E-state index in [1.165, 1.54) is 36.0 Å². The molecule has 34 heavy (non-hydrogen) atoms. The minimum Gasteiger partial charge on any atom is -0.364 e. The van der Waals surface area contributed by atoms with Gasteiger partial charge in [0.15, 0.2) is 11.5 Å². The second-order valence-electron chi connectivity index (χ2n) is 8.43. The van der Waals surface area contributed by atoms with Crippen LogP contribution >= 0.6 is 0 Å². The number of hydrogen-bond donors (Lipinski definition) is 2. The number of amides is 2. The molecule has 0 unspecified atom stereocenters. The number of nitrogens with zero attached hydrogens (tertiary/aromatic N) is 6. The lowest BCUT2D eigenvalue weighted by atomic mass is 9.85. The van der Waals surface area contributed by atoms with Crippen LogP contribution in [0.15, 0.2) is 24.4 Å². The number of aryl methyl sites for hydroxylation is 1. The fourth-order valence-electron chi connectivity index (χ4n) is 3.92. The maximum atomic E-state index is 14.5. The number of nitrogens with one attached hydrogen (secondary N) is 1. The summed E-state index contributed by atoms with van der Waals surface area (Å²) in [5.74, 6) is -2.32. The van der Waals surface area contributed by atoms with Crippen LogP contribution in [-0.2, 0) is 16.8 Å². The number of carbonyl (C=O) groups excluding carboxylic acids is 2. The Bertz CT molecular complexity index is 1530. The predicted octanol–water partition coefficient (Wildman–Crippen LogP) is 2.25. The van der Waals surface area contributed by atoms with Gasteiger partial charge < -0.3 is 11.1 Å². The molecule has 0 atom stereocenters. The van der Waals surface area contributed by atoms with Crippen LogP contribution in [0.1, 0.15) is 41.3 Å². The predicted molar refractivity (Wildman–Crippen MR) is 117 cm³/mol. The molecule has 0 fully saturated rings. The second-order valence-corrected chi connectivity index (χ2v) is 8.43. The molecule has 12 heteroatoms. The van der Waals surface area contributed by atoms with Gasteiger partial charge in [-0.2, -0.15) is 5.10 Å². The molecule has 2 amide bonds. The number of aromatic nitrogens is 6. The van der Waals surface area contributed by atoms with Crippen molar-refractivity contribution in [1.29, 1.82) is 0 Å². The molecule has 0 saturated heterocycles. The Morgan fingerprint density at radius 3 is 2.68 bits per heavy atom. The first-order valence-corrected chi connectivity index (χ1v) is 10.2. The Hall–Kier alpha value is -4.35. The Kier molecular flexibility index (Phi) is 4.64. The van der Waals surface area contributed by atoms with Crippen LogP contribution in [0.4, 0.5) is 14.6 Å². The van der Waals surface area contributed by atoms with Crippen LogP contribution in [-0.4, -0.2) is 41.5 Å². The second kappa shape index (κ2) is 7.33. The topological polar surface area (TPSA) is 142 Å². The van der Waals surface area contributed by atoms with Gasteiger partial charge in [0.2, 0.25) is 5.91 Å². The Morgan fingerprint density at radius 2 is 1.97 bits per heavy atom. The first kappa shape index (κ1) is 21.5. The van der Waals surface area contributed by atoms with Crippen LogP contribution in [0.2, 0.25) is 0 Å². The molecular weight excluding hydrogens is 446 g/mol. The van der Waals surface area contributed by atoms with Gasteiger partial charge in [-0.15, -0.1) is 0 Å². The van der Waals surface area contributed by atoms with Gasteiger partial charge in [0.05, 0.1) is 28.7 Å². The highest BCUT2D eigenvalue weighted by Gasteiger charge is 2.43. The molecule has 172 valence electrons. The Balaban J connectivity index is 1.75. The summed E-state index contributed by atoms with van der Waals surface area (Å²) in [6.45, 7) is 4.63. The molecule has 1 aliphatic heterocycles. The summed E-state index contributed by atoms with van der Waals surface area (Å²) in [7, 11) is 0. The minimum atomic E-state index is -1.08. The standard InChI is InChI=1S/C22H18F2N8O2/c1-9-12(24)7-10-15(31-32(20(10)27-9)8-13-11(23)5-4-6-26-13)19-28-16(17(25)33)14-18(29-19)30-21(34)22(14,2)3/h4-7H,8H2,1-3H3,(H2,25,33)(H,28,29,30,34). The van der Waals surface area contributed by atoms with Crippen LogP contribution in [0.25, 0.3) is 22.6 Å². The molecule has 0 aliphatic carbocycles. The monoisotopic (exact) mass is 464 g/mol. The van der Waals surface area contributed by atoms with E-state index in [1.54, 1.807) is 13.8 Å². The SMILES string of the molecule is Cc1nc2c(cc1F)c(-c1nc3c(c(C(N)=O)n1)C(C)(C)C(=O)N3)nn2Cc1ncccc1F. The van der Waals surface area contributed by atoms with Crippen molar-refractivity contribution in [3.05, 3.63) is 58.7 Å². The zero-order chi connectivity index (χ0) is 24.4. The smallest absolute Gasteiger partial charge is 0.267 e. The lowest BCUT2D eigenvalue weighted by Crippen LogP contribution is -2.29. The molecule has 0 bridgehead atoms. The average Bonchev–Trinajstić information content (AvgIpc) is 3.23. The van der Waals surface area contributed by atoms with Gasteiger partial charge in [0.25, 0.3) is 5.91 Å². The van der Waals surface area contributed by atoms with Crippen molar-refractivity contribution < 1.29 is 18.4 Å². The molecule has 3 N–H and O–H groups in total. The van der Waals surface area contributed by atoms with Crippen LogP contribution in [0.5, 0.6) is 0 Å². The summed E-state index contributed by atoms with van der Waals surface area (Å²) in [6, 6.07) is 3.94. The van der Waals surface area contributed by atoms with Crippen molar-refractivity contribution in [3.8, 4) is 11.5 Å². The van der Waals surface area contributed by atoms with Gasteiger partial charge in [0, 0.05) is 11.8 Å². The maximum Gasteiger partial charge on any atom is 0.267 e. The van der Waals surface area contributed by atoms with Gasteiger partial charge in [-0.25, -0.2) is 28.4 Å². The number of fused-ring (bicyclic) bond motifs is 2. The number of pyridine rings is 2. The molecule has 10 nitrogen and oxygen atoms in total. The Morgan fingerprint density at radius 1 is 1.21 bits per heavy atom. The van der Waals surface area contributed by atoms with Crippen molar-refractivity contribution in [3.63, 3.8) is 0 Å². The van der Waals surface area contributed by atoms with E-state index < -0.39 is 23.0 Å². The number of primary amides is 1. The first-order valence-electron chi connectivity index (χ1n) is 10.2. The van der Waals surface area contributed by atoms with Crippen molar-refractivity contribution in [2.24, 2.45) is 5.73 Å². The number of carbonyl (C=O) groups is 2. The van der Waals surface area contributed by atoms with Crippen LogP contribution < -0.4 is 11.1 Å². The summed E-state index contributed by atoms with van der Waals surface area (Å²) < 4.78 is 30.1. The zero-order valence-electron chi connectivity index (χ0n) is 18.3. The number of anilines is 1. The zero-order valence-corrected chi connectivity index (χ0v) is 18.3. The molecule has 4 aromatic rings. The minimum absolute atomic E-state index is 0.0687. The Labute approximate surface area is 191 Å². The summed E-state index contributed by atoms with van der Waals surface area (Å²) in [4.78, 5) is 41.7. The summed E-state index contributed by atoms with van der Waals surface area (Å²) in [5, 5.41) is 7.32. The maximum absolute atomic E-state index is 14.5. The van der Waals surface area contributed by atoms with E-state index in [1.807, 2.05) is 0 Å². The van der Waals surface area contributed by atoms with Crippen LogP contribution in [0, 0.1) is 18.6 Å². The van der Waals surface area contributed by atoms with E-state index in [9.17, 15) is 18.4 Å². The van der Waals surface area contributed by atoms with Crippen LogP contribution in [0.3, 0.4) is 0 Å². The fraction of sp³-hybridized carbons (Fsp3) is 0.227. The van der Waals surface area contributed by atoms with Gasteiger partial charge in [-0.3, -0.25) is 14.6 Å². The van der Waals surface area contributed by atoms with E-state index in [0.717, 1.165) is 0 Å². The van der Waals surface area contributed by atoms with E-state index in [-0.39, 0.29) is 63.5 Å². The third-order valence-corrected chi connectivity index (χ3v) is 5.76. The molecule has 0 aromatic carbocycles. The molecule has 5 heterocycles. The third-order valence-electron chi connectivity index (χ3n) is 5.76. The molecular formula is C22H18F2N8O2. The van der Waals surface area contributed by atoms with Gasteiger partial charge >= 0.3 is 0 Å². The fourth-order valence-corrected chi connectivity index (χ4v) is 3.92. The third kappa shape index (κ3) is 3.17. The summed E-state index contributed by atoms with van der Waals surface area (Å²) >= 11 is 0. The molecule has 1 aliphatic rings. The normalized spacial score (nSPS) is 14.3. The van der Waals surface area contributed by atoms with Gasteiger partial charge in [-0.1, -0.05) is 0 Å². The number of halogens is 2. The van der Waals surface area contributed by atoms with Crippen molar-refractivity contribution in [1.82, 2.24) is 29.7 Å². The summed E-state index contributed by atoms with van der Waals surface area (Å²) in [6.07, 6.45) is 1.44.